The maximum Gasteiger partial charge on any atom is 0.433 e. The van der Waals surface area contributed by atoms with E-state index in [4.69, 9.17) is 23.5 Å². The molecule has 3 atom stereocenters. The molecular weight excluding hydrogens is 437 g/mol. The summed E-state index contributed by atoms with van der Waals surface area (Å²) in [4.78, 5) is 21.1. The van der Waals surface area contributed by atoms with Gasteiger partial charge in [0.05, 0.1) is 19.7 Å². The van der Waals surface area contributed by atoms with Gasteiger partial charge in [-0.3, -0.25) is 0 Å². The van der Waals surface area contributed by atoms with Gasteiger partial charge in [0.15, 0.2) is 5.79 Å². The summed E-state index contributed by atoms with van der Waals surface area (Å²) in [7, 11) is 0. The Labute approximate surface area is 180 Å². The Hall–Kier alpha value is -2.93. The fraction of sp³-hybridized carbons (Fsp3) is 0.579. The number of pyridine rings is 1. The Morgan fingerprint density at radius 3 is 2.75 bits per heavy atom. The summed E-state index contributed by atoms with van der Waals surface area (Å²) in [5, 5.41) is 3.80. The van der Waals surface area contributed by atoms with Crippen LogP contribution in [0.4, 0.5) is 19.1 Å². The van der Waals surface area contributed by atoms with Gasteiger partial charge in [-0.25, -0.2) is 9.78 Å². The summed E-state index contributed by atoms with van der Waals surface area (Å²) in [6.45, 7) is 5.64. The molecule has 0 aromatic carbocycles. The van der Waals surface area contributed by atoms with Crippen molar-refractivity contribution in [2.45, 2.75) is 51.0 Å². The van der Waals surface area contributed by atoms with Gasteiger partial charge >= 0.3 is 18.0 Å². The number of anilines is 1. The average Bonchev–Trinajstić information content (AvgIpc) is 3.31. The first kappa shape index (κ1) is 22.3. The van der Waals surface area contributed by atoms with E-state index >= 15 is 0 Å². The molecule has 0 bridgehead atoms. The minimum absolute atomic E-state index is 0.0883. The normalized spacial score (nSPS) is 24.8. The summed E-state index contributed by atoms with van der Waals surface area (Å²) in [6.07, 6.45) is -6.45. The summed E-state index contributed by atoms with van der Waals surface area (Å²) in [6, 6.07) is 3.40. The Bertz CT molecular complexity index is 982. The van der Waals surface area contributed by atoms with Crippen molar-refractivity contribution in [3.05, 3.63) is 29.8 Å². The van der Waals surface area contributed by atoms with Crippen molar-refractivity contribution in [1.29, 1.82) is 0 Å². The maximum atomic E-state index is 13.0. The highest BCUT2D eigenvalue weighted by atomic mass is 19.4. The largest absolute Gasteiger partial charge is 0.470 e. The van der Waals surface area contributed by atoms with Crippen molar-refractivity contribution >= 4 is 11.9 Å². The van der Waals surface area contributed by atoms with Crippen molar-refractivity contribution in [2.75, 3.05) is 24.6 Å². The van der Waals surface area contributed by atoms with Crippen LogP contribution in [0.1, 0.15) is 37.2 Å². The first-order chi connectivity index (χ1) is 15.1. The molecule has 0 unspecified atom stereocenters. The summed E-state index contributed by atoms with van der Waals surface area (Å²) < 4.78 is 66.6. The van der Waals surface area contributed by atoms with Crippen LogP contribution in [0.2, 0.25) is 0 Å². The quantitative estimate of drug-likeness (QED) is 0.620. The number of rotatable bonds is 5. The van der Waals surface area contributed by atoms with Crippen molar-refractivity contribution in [2.24, 2.45) is 0 Å². The molecule has 0 radical (unpaired) electrons. The molecule has 2 fully saturated rings. The van der Waals surface area contributed by atoms with E-state index in [1.54, 1.807) is 25.7 Å². The molecule has 2 aromatic rings. The lowest BCUT2D eigenvalue weighted by atomic mass is 10.0. The van der Waals surface area contributed by atoms with E-state index in [0.717, 1.165) is 6.07 Å². The minimum Gasteiger partial charge on any atom is -0.470 e. The van der Waals surface area contributed by atoms with E-state index in [0.29, 0.717) is 0 Å². The van der Waals surface area contributed by atoms with Gasteiger partial charge in [0.1, 0.15) is 24.0 Å². The smallest absolute Gasteiger partial charge is 0.433 e. The first-order valence-corrected chi connectivity index (χ1v) is 9.88. The van der Waals surface area contributed by atoms with E-state index in [-0.39, 0.29) is 37.4 Å². The fourth-order valence-electron chi connectivity index (χ4n) is 3.61. The highest BCUT2D eigenvalue weighted by molar-refractivity contribution is 5.84. The second-order valence-corrected chi connectivity index (χ2v) is 7.68. The van der Waals surface area contributed by atoms with Crippen LogP contribution in [0.5, 0.6) is 5.88 Å². The monoisotopic (exact) mass is 458 g/mol. The molecule has 2 aliphatic heterocycles. The van der Waals surface area contributed by atoms with Crippen LogP contribution < -0.4 is 9.64 Å². The third-order valence-corrected chi connectivity index (χ3v) is 4.82. The third-order valence-electron chi connectivity index (χ3n) is 4.82. The van der Waals surface area contributed by atoms with E-state index in [9.17, 15) is 18.0 Å². The standard InChI is InChI=1S/C19H21F3N4O6/c1-4-28-16(27)15-24-17(25-32-15)26-8-10(14-11(9-26)30-18(2,3)31-14)29-13-7-5-6-12(23-13)19(20,21)22/h5-7,10-11,14H,4,8-9H2,1-3H3/t10-,11-,14+/m0/s1. The second-order valence-electron chi connectivity index (χ2n) is 7.68. The number of carbonyl (C=O) groups is 1. The second kappa shape index (κ2) is 8.20. The molecule has 32 heavy (non-hydrogen) atoms. The summed E-state index contributed by atoms with van der Waals surface area (Å²) >= 11 is 0. The molecule has 174 valence electrons. The molecule has 0 saturated carbocycles. The van der Waals surface area contributed by atoms with Crippen LogP contribution in [0.3, 0.4) is 0 Å². The number of halogens is 3. The molecular formula is C19H21F3N4O6. The number of ether oxygens (including phenoxy) is 4. The van der Waals surface area contributed by atoms with Crippen LogP contribution in [-0.4, -0.2) is 64.9 Å². The number of carbonyl (C=O) groups excluding carboxylic acids is 1. The number of piperidine rings is 1. The van der Waals surface area contributed by atoms with Gasteiger partial charge in [-0.2, -0.15) is 18.2 Å². The molecule has 2 saturated heterocycles. The lowest BCUT2D eigenvalue weighted by molar-refractivity contribution is -0.151. The first-order valence-electron chi connectivity index (χ1n) is 9.88. The number of esters is 1. The van der Waals surface area contributed by atoms with Gasteiger partial charge in [-0.05, 0) is 32.0 Å². The third kappa shape index (κ3) is 4.63. The molecule has 4 rings (SSSR count). The SMILES string of the molecule is CCOC(=O)c1nc(N2C[C@H](Oc3cccc(C(F)(F)F)n3)[C@H]3OC(C)(C)O[C@H]3C2)no1. The van der Waals surface area contributed by atoms with Crippen LogP contribution in [-0.2, 0) is 20.4 Å². The predicted molar refractivity (Wildman–Crippen MR) is 99.9 cm³/mol. The van der Waals surface area contributed by atoms with Gasteiger partial charge in [0.25, 0.3) is 5.95 Å². The van der Waals surface area contributed by atoms with Gasteiger partial charge < -0.3 is 28.4 Å². The van der Waals surface area contributed by atoms with Crippen molar-refractivity contribution < 1.29 is 41.4 Å². The van der Waals surface area contributed by atoms with Crippen molar-refractivity contribution in [3.63, 3.8) is 0 Å². The molecule has 0 spiro atoms. The summed E-state index contributed by atoms with van der Waals surface area (Å²) in [5.41, 5.74) is -1.07. The maximum absolute atomic E-state index is 13.0. The topological polar surface area (TPSA) is 109 Å². The number of alkyl halides is 3. The number of hydrogen-bond donors (Lipinski definition) is 0. The molecule has 13 heteroatoms. The van der Waals surface area contributed by atoms with Crippen LogP contribution >= 0.6 is 0 Å². The van der Waals surface area contributed by atoms with Gasteiger partial charge in [-0.15, -0.1) is 0 Å². The molecule has 0 N–H and O–H groups in total. The molecule has 2 aliphatic rings. The Morgan fingerprint density at radius 1 is 1.25 bits per heavy atom. The zero-order chi connectivity index (χ0) is 23.1. The molecule has 10 nitrogen and oxygen atoms in total. The van der Waals surface area contributed by atoms with E-state index in [1.807, 2.05) is 0 Å². The number of aromatic nitrogens is 3. The number of nitrogens with zero attached hydrogens (tertiary/aromatic N) is 4. The predicted octanol–water partition coefficient (Wildman–Crippen LogP) is 2.45. The highest BCUT2D eigenvalue weighted by Crippen LogP contribution is 2.36. The molecule has 0 aliphatic carbocycles. The van der Waals surface area contributed by atoms with Crippen LogP contribution in [0.25, 0.3) is 0 Å². The fourth-order valence-corrected chi connectivity index (χ4v) is 3.61. The van der Waals surface area contributed by atoms with Gasteiger partial charge in [-0.1, -0.05) is 6.07 Å². The lowest BCUT2D eigenvalue weighted by Crippen LogP contribution is -2.56. The van der Waals surface area contributed by atoms with E-state index in [2.05, 4.69) is 15.1 Å². The zero-order valence-electron chi connectivity index (χ0n) is 17.5. The molecule has 0 amide bonds. The number of fused-ring (bicyclic) bond motifs is 1. The Kier molecular flexibility index (Phi) is 5.71. The average molecular weight is 458 g/mol. The Balaban J connectivity index is 1.57. The van der Waals surface area contributed by atoms with Gasteiger partial charge in [0.2, 0.25) is 5.88 Å². The minimum atomic E-state index is -4.61. The van der Waals surface area contributed by atoms with E-state index in [1.165, 1.54) is 12.1 Å². The molecule has 2 aromatic heterocycles. The van der Waals surface area contributed by atoms with Crippen LogP contribution in [0.15, 0.2) is 22.7 Å². The highest BCUT2D eigenvalue weighted by Gasteiger charge is 2.51. The van der Waals surface area contributed by atoms with Gasteiger partial charge in [0, 0.05) is 6.07 Å². The van der Waals surface area contributed by atoms with Crippen molar-refractivity contribution in [1.82, 2.24) is 15.1 Å². The van der Waals surface area contributed by atoms with Crippen LogP contribution in [0, 0.1) is 0 Å². The summed E-state index contributed by atoms with van der Waals surface area (Å²) in [5.74, 6) is -2.13. The van der Waals surface area contributed by atoms with E-state index < -0.39 is 41.9 Å². The molecule has 4 heterocycles. The van der Waals surface area contributed by atoms with Crippen molar-refractivity contribution in [3.8, 4) is 5.88 Å². The number of hydrogen-bond acceptors (Lipinski definition) is 10. The Morgan fingerprint density at radius 2 is 2.03 bits per heavy atom. The lowest BCUT2D eigenvalue weighted by Gasteiger charge is -2.37. The zero-order valence-corrected chi connectivity index (χ0v) is 17.5.